The largest absolute Gasteiger partial charge is 0.459 e. The number of carbonyl (C=O) groups excluding carboxylic acids is 2. The topological polar surface area (TPSA) is 174 Å². The van der Waals surface area contributed by atoms with E-state index in [1.165, 1.54) is 14.0 Å². The summed E-state index contributed by atoms with van der Waals surface area (Å²) in [5.74, 6) is -4.32. The van der Waals surface area contributed by atoms with Gasteiger partial charge in [0.2, 0.25) is 0 Å². The van der Waals surface area contributed by atoms with Crippen molar-refractivity contribution < 1.29 is 58.4 Å². The van der Waals surface area contributed by atoms with Crippen LogP contribution < -0.4 is 0 Å². The first-order valence-corrected chi connectivity index (χ1v) is 18.8. The minimum atomic E-state index is -1.95. The summed E-state index contributed by atoms with van der Waals surface area (Å²) in [5, 5.41) is 45.5. The molecule has 3 rings (SSSR count). The Labute approximate surface area is 305 Å². The first-order valence-electron chi connectivity index (χ1n) is 18.8. The number of cyclic esters (lactones) is 1. The third-order valence-electron chi connectivity index (χ3n) is 12.1. The van der Waals surface area contributed by atoms with Crippen LogP contribution in [0.5, 0.6) is 0 Å². The van der Waals surface area contributed by atoms with Gasteiger partial charge in [0, 0.05) is 37.3 Å². The summed E-state index contributed by atoms with van der Waals surface area (Å²) in [6, 6.07) is -0.269. The molecule has 3 aliphatic heterocycles. The lowest BCUT2D eigenvalue weighted by atomic mass is 9.73. The molecular formula is C38H69NO12. The minimum absolute atomic E-state index is 0.130. The molecule has 3 aliphatic rings. The van der Waals surface area contributed by atoms with Gasteiger partial charge in [0.15, 0.2) is 12.6 Å². The number of hydrogen-bond donors (Lipinski definition) is 4. The second kappa shape index (κ2) is 17.0. The second-order valence-electron chi connectivity index (χ2n) is 17.1. The van der Waals surface area contributed by atoms with Crippen molar-refractivity contribution in [2.45, 2.75) is 181 Å². The number of Topliss-reactive ketones (excluding diaryl/α,β-unsaturated/α-hetero) is 1. The number of ether oxygens (including phenoxy) is 6. The maximum absolute atomic E-state index is 14.1. The molecule has 0 spiro atoms. The highest BCUT2D eigenvalue weighted by Crippen LogP contribution is 2.42. The number of esters is 1. The first kappa shape index (κ1) is 44.1. The number of aliphatic hydroxyl groups excluding tert-OH is 3. The third kappa shape index (κ3) is 9.52. The molecule has 13 nitrogen and oxygen atoms in total. The van der Waals surface area contributed by atoms with Crippen LogP contribution in [0.2, 0.25) is 0 Å². The Bertz CT molecular complexity index is 1170. The number of rotatable bonds is 7. The molecule has 51 heavy (non-hydrogen) atoms. The van der Waals surface area contributed by atoms with E-state index in [9.17, 15) is 30.0 Å². The lowest BCUT2D eigenvalue weighted by Gasteiger charge is -2.49. The van der Waals surface area contributed by atoms with Gasteiger partial charge in [-0.3, -0.25) is 9.59 Å². The van der Waals surface area contributed by atoms with E-state index >= 15 is 0 Å². The summed E-state index contributed by atoms with van der Waals surface area (Å²) in [7, 11) is 5.29. The van der Waals surface area contributed by atoms with Crippen LogP contribution in [0.25, 0.3) is 0 Å². The Kier molecular flexibility index (Phi) is 14.7. The SMILES string of the molecule is CC[C@H]1OC(=O)C(C)C(O[C@H]2CC(C)(C)C(O)C(C)O2)C(C)[C@@H](O[C@@H]2OC(C)CC(N(C)C)C2O)C(C)(OC)C[C@@H](C)C(=O)C(C)C(O)C1(C)O. The Morgan fingerprint density at radius 1 is 0.882 bits per heavy atom. The fourth-order valence-corrected chi connectivity index (χ4v) is 8.62. The van der Waals surface area contributed by atoms with E-state index in [-0.39, 0.29) is 30.8 Å². The summed E-state index contributed by atoms with van der Waals surface area (Å²) in [6.07, 6.45) is -7.86. The van der Waals surface area contributed by atoms with Gasteiger partial charge < -0.3 is 53.7 Å². The summed E-state index contributed by atoms with van der Waals surface area (Å²) in [5.41, 5.74) is -3.74. The van der Waals surface area contributed by atoms with Crippen molar-refractivity contribution in [3.05, 3.63) is 0 Å². The highest BCUT2D eigenvalue weighted by atomic mass is 16.7. The zero-order valence-corrected chi connectivity index (χ0v) is 33.5. The first-order chi connectivity index (χ1) is 23.4. The minimum Gasteiger partial charge on any atom is -0.459 e. The van der Waals surface area contributed by atoms with Crippen LogP contribution >= 0.6 is 0 Å². The Morgan fingerprint density at radius 2 is 1.49 bits per heavy atom. The van der Waals surface area contributed by atoms with Crippen LogP contribution in [0.1, 0.15) is 102 Å². The van der Waals surface area contributed by atoms with Gasteiger partial charge in [-0.1, -0.05) is 41.5 Å². The van der Waals surface area contributed by atoms with Crippen LogP contribution in [-0.2, 0) is 38.0 Å². The summed E-state index contributed by atoms with van der Waals surface area (Å²) in [6.45, 7) is 19.3. The predicted octanol–water partition coefficient (Wildman–Crippen LogP) is 3.06. The van der Waals surface area contributed by atoms with Crippen LogP contribution in [0.3, 0.4) is 0 Å². The normalized spacial score (nSPS) is 47.9. The van der Waals surface area contributed by atoms with Crippen molar-refractivity contribution in [2.24, 2.45) is 29.1 Å². The summed E-state index contributed by atoms with van der Waals surface area (Å²) >= 11 is 0. The van der Waals surface area contributed by atoms with Crippen molar-refractivity contribution in [2.75, 3.05) is 21.2 Å². The summed E-state index contributed by atoms with van der Waals surface area (Å²) < 4.78 is 38.2. The van der Waals surface area contributed by atoms with E-state index in [0.717, 1.165) is 0 Å². The Hall–Kier alpha value is -1.26. The van der Waals surface area contributed by atoms with E-state index in [1.54, 1.807) is 34.6 Å². The number of likely N-dealkylation sites (N-methyl/N-ethyl adjacent to an activating group) is 1. The van der Waals surface area contributed by atoms with Crippen LogP contribution in [0, 0.1) is 29.1 Å². The Morgan fingerprint density at radius 3 is 2.02 bits per heavy atom. The maximum atomic E-state index is 14.1. The molecule has 0 aromatic carbocycles. The average Bonchev–Trinajstić information content (AvgIpc) is 3.05. The van der Waals surface area contributed by atoms with Crippen molar-refractivity contribution in [3.8, 4) is 0 Å². The molecular weight excluding hydrogens is 662 g/mol. The number of ketones is 1. The summed E-state index contributed by atoms with van der Waals surface area (Å²) in [4.78, 5) is 30.0. The van der Waals surface area contributed by atoms with Crippen LogP contribution in [0.4, 0.5) is 0 Å². The number of nitrogens with zero attached hydrogens (tertiary/aromatic N) is 1. The van der Waals surface area contributed by atoms with E-state index in [4.69, 9.17) is 28.4 Å². The molecule has 0 amide bonds. The zero-order valence-electron chi connectivity index (χ0n) is 33.5. The molecule has 17 atom stereocenters. The molecule has 12 unspecified atom stereocenters. The van der Waals surface area contributed by atoms with Crippen molar-refractivity contribution in [1.82, 2.24) is 4.90 Å². The molecule has 4 N–H and O–H groups in total. The predicted molar refractivity (Wildman–Crippen MR) is 189 cm³/mol. The van der Waals surface area contributed by atoms with Gasteiger partial charge in [0.25, 0.3) is 0 Å². The molecule has 0 aromatic heterocycles. The van der Waals surface area contributed by atoms with Crippen LogP contribution in [-0.4, -0.2) is 137 Å². The molecule has 0 aromatic rings. The van der Waals surface area contributed by atoms with E-state index in [2.05, 4.69) is 0 Å². The monoisotopic (exact) mass is 731 g/mol. The zero-order chi connectivity index (χ0) is 39.0. The molecule has 13 heteroatoms. The van der Waals surface area contributed by atoms with Gasteiger partial charge in [-0.05, 0) is 73.4 Å². The van der Waals surface area contributed by atoms with E-state index < -0.39 is 102 Å². The van der Waals surface area contributed by atoms with Gasteiger partial charge in [0.1, 0.15) is 23.6 Å². The number of carbonyl (C=O) groups is 2. The van der Waals surface area contributed by atoms with Gasteiger partial charge in [-0.25, -0.2) is 0 Å². The second-order valence-corrected chi connectivity index (χ2v) is 17.1. The third-order valence-corrected chi connectivity index (χ3v) is 12.1. The number of methoxy groups -OCH3 is 1. The number of hydrogen-bond acceptors (Lipinski definition) is 13. The fraction of sp³-hybridized carbons (Fsp3) is 0.947. The van der Waals surface area contributed by atoms with Crippen molar-refractivity contribution >= 4 is 11.8 Å². The average molecular weight is 732 g/mol. The van der Waals surface area contributed by atoms with Crippen molar-refractivity contribution in [3.63, 3.8) is 0 Å². The Balaban J connectivity index is 2.21. The van der Waals surface area contributed by atoms with E-state index in [0.29, 0.717) is 12.8 Å². The maximum Gasteiger partial charge on any atom is 0.311 e. The van der Waals surface area contributed by atoms with Gasteiger partial charge in [-0.2, -0.15) is 0 Å². The molecule has 0 saturated carbocycles. The molecule has 3 saturated heterocycles. The molecule has 0 bridgehead atoms. The molecule has 0 radical (unpaired) electrons. The van der Waals surface area contributed by atoms with Gasteiger partial charge in [0.05, 0.1) is 48.1 Å². The highest BCUT2D eigenvalue weighted by molar-refractivity contribution is 5.83. The number of aliphatic hydroxyl groups is 4. The molecule has 0 aliphatic carbocycles. The standard InChI is InChI=1S/C38H69NO12/c1-15-26-38(11,45)31(42)21(4)28(40)19(2)17-37(10,46-14)33(51-35-29(41)25(39(12)13)16-20(3)47-35)22(5)30(23(6)34(44)49-26)50-27-18-36(8,9)32(43)24(7)48-27/h19-27,29-33,35,41-43,45H,15-18H2,1-14H3/t19-,20?,21?,22?,23?,24?,25?,26-,27+,29?,30?,31?,32?,33-,35+,37?,38?/m1/s1. The fourth-order valence-electron chi connectivity index (χ4n) is 8.62. The van der Waals surface area contributed by atoms with Crippen LogP contribution in [0.15, 0.2) is 0 Å². The molecule has 298 valence electrons. The van der Waals surface area contributed by atoms with E-state index in [1.807, 2.05) is 53.6 Å². The quantitative estimate of drug-likeness (QED) is 0.282. The van der Waals surface area contributed by atoms with Crippen molar-refractivity contribution in [1.29, 1.82) is 0 Å². The highest BCUT2D eigenvalue weighted by Gasteiger charge is 2.53. The smallest absolute Gasteiger partial charge is 0.311 e. The molecule has 3 fully saturated rings. The lowest BCUT2D eigenvalue weighted by Crippen LogP contribution is -2.61. The van der Waals surface area contributed by atoms with Gasteiger partial charge in [-0.15, -0.1) is 0 Å². The lowest BCUT2D eigenvalue weighted by molar-refractivity contribution is -0.314. The van der Waals surface area contributed by atoms with Gasteiger partial charge >= 0.3 is 5.97 Å². The molecule has 3 heterocycles.